The molecule has 0 nitrogen and oxygen atoms in total. The number of rotatable bonds is 5. The van der Waals surface area contributed by atoms with E-state index < -0.39 is 0 Å². The third kappa shape index (κ3) is 3.37. The zero-order valence-electron chi connectivity index (χ0n) is 10.6. The van der Waals surface area contributed by atoms with Crippen LogP contribution in [0.5, 0.6) is 0 Å². The molecule has 0 N–H and O–H groups in total. The van der Waals surface area contributed by atoms with Crippen molar-refractivity contribution in [3.63, 3.8) is 0 Å². The fourth-order valence-corrected chi connectivity index (χ4v) is 2.66. The monoisotopic (exact) mass is 204 g/mol. The Labute approximate surface area is 94.7 Å². The summed E-state index contributed by atoms with van der Waals surface area (Å²) in [6.07, 6.45) is 3.77. The van der Waals surface area contributed by atoms with Gasteiger partial charge in [-0.15, -0.1) is 0 Å². The second kappa shape index (κ2) is 5.34. The van der Waals surface area contributed by atoms with Gasteiger partial charge in [0.15, 0.2) is 0 Å². The van der Waals surface area contributed by atoms with E-state index in [9.17, 15) is 0 Å². The van der Waals surface area contributed by atoms with Gasteiger partial charge in [-0.2, -0.15) is 0 Å². The van der Waals surface area contributed by atoms with Crippen LogP contribution >= 0.6 is 0 Å². The Morgan fingerprint density at radius 2 is 1.53 bits per heavy atom. The molecule has 0 aromatic heterocycles. The van der Waals surface area contributed by atoms with Gasteiger partial charge in [0, 0.05) is 0 Å². The summed E-state index contributed by atoms with van der Waals surface area (Å²) < 4.78 is 0. The molecule has 0 amide bonds. The predicted molar refractivity (Wildman–Crippen MR) is 68.0 cm³/mol. The van der Waals surface area contributed by atoms with Gasteiger partial charge in [0.2, 0.25) is 0 Å². The lowest BCUT2D eigenvalue weighted by Gasteiger charge is -2.33. The van der Waals surface area contributed by atoms with E-state index in [0.717, 1.165) is 5.92 Å². The summed E-state index contributed by atoms with van der Waals surface area (Å²) >= 11 is 0. The van der Waals surface area contributed by atoms with Crippen molar-refractivity contribution in [2.45, 2.75) is 47.0 Å². The first kappa shape index (κ1) is 12.3. The molecule has 0 unspecified atom stereocenters. The number of benzene rings is 1. The van der Waals surface area contributed by atoms with E-state index in [-0.39, 0.29) is 0 Å². The average Bonchev–Trinajstić information content (AvgIpc) is 2.19. The molecule has 84 valence electrons. The molecule has 1 rings (SSSR count). The van der Waals surface area contributed by atoms with Crippen LogP contribution in [0.2, 0.25) is 0 Å². The van der Waals surface area contributed by atoms with Gasteiger partial charge in [-0.25, -0.2) is 0 Å². The lowest BCUT2D eigenvalue weighted by Crippen LogP contribution is -2.25. The Bertz CT molecular complexity index is 267. The Morgan fingerprint density at radius 1 is 1.00 bits per heavy atom. The lowest BCUT2D eigenvalue weighted by molar-refractivity contribution is 0.197. The summed E-state index contributed by atoms with van der Waals surface area (Å²) in [4.78, 5) is 0. The van der Waals surface area contributed by atoms with Gasteiger partial charge in [-0.05, 0) is 23.3 Å². The standard InChI is InChI=1S/C15H24/c1-5-14(6-2)15(3,4)12-13-10-8-7-9-11-13/h7-11,14H,5-6,12H2,1-4H3. The first-order chi connectivity index (χ1) is 7.10. The van der Waals surface area contributed by atoms with Crippen LogP contribution in [0.25, 0.3) is 0 Å². The smallest absolute Gasteiger partial charge is 0.0225 e. The van der Waals surface area contributed by atoms with Crippen molar-refractivity contribution >= 4 is 0 Å². The highest BCUT2D eigenvalue weighted by Crippen LogP contribution is 2.35. The van der Waals surface area contributed by atoms with Gasteiger partial charge in [0.05, 0.1) is 0 Å². The topological polar surface area (TPSA) is 0 Å². The molecule has 0 saturated carbocycles. The first-order valence-electron chi connectivity index (χ1n) is 6.14. The Morgan fingerprint density at radius 3 is 2.00 bits per heavy atom. The van der Waals surface area contributed by atoms with Gasteiger partial charge >= 0.3 is 0 Å². The Kier molecular flexibility index (Phi) is 4.38. The highest BCUT2D eigenvalue weighted by molar-refractivity contribution is 5.16. The molecular weight excluding hydrogens is 180 g/mol. The zero-order valence-corrected chi connectivity index (χ0v) is 10.6. The molecule has 1 aromatic carbocycles. The molecule has 0 atom stereocenters. The largest absolute Gasteiger partial charge is 0.0651 e. The molecule has 0 aliphatic heterocycles. The van der Waals surface area contributed by atoms with E-state index in [1.807, 2.05) is 0 Å². The second-order valence-corrected chi connectivity index (χ2v) is 5.16. The Hall–Kier alpha value is -0.780. The van der Waals surface area contributed by atoms with Crippen LogP contribution in [0.15, 0.2) is 30.3 Å². The minimum absolute atomic E-state index is 0.421. The molecule has 0 heteroatoms. The molecular formula is C15H24. The van der Waals surface area contributed by atoms with Gasteiger partial charge < -0.3 is 0 Å². The summed E-state index contributed by atoms with van der Waals surface area (Å²) in [6.45, 7) is 9.41. The molecule has 0 spiro atoms. The summed E-state index contributed by atoms with van der Waals surface area (Å²) in [5.41, 5.74) is 1.89. The second-order valence-electron chi connectivity index (χ2n) is 5.16. The van der Waals surface area contributed by atoms with E-state index in [0.29, 0.717) is 5.41 Å². The van der Waals surface area contributed by atoms with Gasteiger partial charge in [0.1, 0.15) is 0 Å². The molecule has 0 radical (unpaired) electrons. The highest BCUT2D eigenvalue weighted by Gasteiger charge is 2.26. The summed E-state index contributed by atoms with van der Waals surface area (Å²) in [5.74, 6) is 0.831. The van der Waals surface area contributed by atoms with Gasteiger partial charge in [0.25, 0.3) is 0 Å². The van der Waals surface area contributed by atoms with E-state index in [1.54, 1.807) is 0 Å². The zero-order chi connectivity index (χ0) is 11.3. The maximum absolute atomic E-state index is 2.40. The van der Waals surface area contributed by atoms with Crippen molar-refractivity contribution in [2.75, 3.05) is 0 Å². The SMILES string of the molecule is CCC(CC)C(C)(C)Cc1ccccc1. The van der Waals surface area contributed by atoms with Gasteiger partial charge in [-0.3, -0.25) is 0 Å². The summed E-state index contributed by atoms with van der Waals surface area (Å²) in [6, 6.07) is 10.8. The van der Waals surface area contributed by atoms with Crippen molar-refractivity contribution in [1.29, 1.82) is 0 Å². The maximum atomic E-state index is 2.40. The first-order valence-corrected chi connectivity index (χ1v) is 6.14. The molecule has 0 aliphatic rings. The third-order valence-electron chi connectivity index (χ3n) is 3.59. The molecule has 0 heterocycles. The van der Waals surface area contributed by atoms with Crippen LogP contribution in [-0.2, 0) is 6.42 Å². The van der Waals surface area contributed by atoms with Crippen molar-refractivity contribution in [3.8, 4) is 0 Å². The fraction of sp³-hybridized carbons (Fsp3) is 0.600. The van der Waals surface area contributed by atoms with Crippen LogP contribution < -0.4 is 0 Å². The van der Waals surface area contributed by atoms with Gasteiger partial charge in [-0.1, -0.05) is 70.9 Å². The minimum Gasteiger partial charge on any atom is -0.0651 e. The molecule has 0 bridgehead atoms. The molecule has 0 aliphatic carbocycles. The van der Waals surface area contributed by atoms with Crippen molar-refractivity contribution in [3.05, 3.63) is 35.9 Å². The van der Waals surface area contributed by atoms with Crippen LogP contribution in [0.4, 0.5) is 0 Å². The normalized spacial score (nSPS) is 12.1. The van der Waals surface area contributed by atoms with Crippen LogP contribution in [0.3, 0.4) is 0 Å². The minimum atomic E-state index is 0.421. The van der Waals surface area contributed by atoms with Crippen LogP contribution in [0.1, 0.15) is 46.1 Å². The highest BCUT2D eigenvalue weighted by atomic mass is 14.3. The number of hydrogen-bond acceptors (Lipinski definition) is 0. The average molecular weight is 204 g/mol. The van der Waals surface area contributed by atoms with Crippen molar-refractivity contribution in [2.24, 2.45) is 11.3 Å². The van der Waals surface area contributed by atoms with Crippen LogP contribution in [0, 0.1) is 11.3 Å². The summed E-state index contributed by atoms with van der Waals surface area (Å²) in [7, 11) is 0. The number of hydrogen-bond donors (Lipinski definition) is 0. The van der Waals surface area contributed by atoms with E-state index in [1.165, 1.54) is 24.8 Å². The fourth-order valence-electron chi connectivity index (χ4n) is 2.66. The van der Waals surface area contributed by atoms with E-state index in [4.69, 9.17) is 0 Å². The van der Waals surface area contributed by atoms with E-state index in [2.05, 4.69) is 58.0 Å². The molecule has 0 fully saturated rings. The Balaban J connectivity index is 2.71. The van der Waals surface area contributed by atoms with E-state index >= 15 is 0 Å². The molecule has 15 heavy (non-hydrogen) atoms. The third-order valence-corrected chi connectivity index (χ3v) is 3.59. The predicted octanol–water partition coefficient (Wildman–Crippen LogP) is 4.69. The molecule has 1 aromatic rings. The lowest BCUT2D eigenvalue weighted by atomic mass is 9.72. The molecule has 0 saturated heterocycles. The maximum Gasteiger partial charge on any atom is -0.0225 e. The van der Waals surface area contributed by atoms with Crippen molar-refractivity contribution in [1.82, 2.24) is 0 Å². The quantitative estimate of drug-likeness (QED) is 0.652. The van der Waals surface area contributed by atoms with Crippen molar-refractivity contribution < 1.29 is 0 Å². The van der Waals surface area contributed by atoms with Crippen LogP contribution in [-0.4, -0.2) is 0 Å². The summed E-state index contributed by atoms with van der Waals surface area (Å²) in [5, 5.41) is 0.